The van der Waals surface area contributed by atoms with Crippen molar-refractivity contribution in [1.29, 1.82) is 0 Å². The number of nitrogens with one attached hydrogen (secondary N) is 3. The van der Waals surface area contributed by atoms with E-state index >= 15 is 0 Å². The van der Waals surface area contributed by atoms with Gasteiger partial charge < -0.3 is 27.0 Å². The Labute approximate surface area is 229 Å². The first-order valence-electron chi connectivity index (χ1n) is 12.5. The lowest BCUT2D eigenvalue weighted by molar-refractivity contribution is 0.0670. The first-order chi connectivity index (χ1) is 18.6. The van der Waals surface area contributed by atoms with Gasteiger partial charge in [0.15, 0.2) is 28.4 Å². The van der Waals surface area contributed by atoms with Crippen molar-refractivity contribution in [3.8, 4) is 0 Å². The summed E-state index contributed by atoms with van der Waals surface area (Å²) in [6, 6.07) is 6.93. The molecule has 0 saturated carbocycles. The van der Waals surface area contributed by atoms with Crippen LogP contribution >= 0.6 is 11.6 Å². The number of nitrogens with two attached hydrogens (primary N) is 2. The molecule has 39 heavy (non-hydrogen) atoms. The summed E-state index contributed by atoms with van der Waals surface area (Å²) in [5, 5.41) is 9.43. The van der Waals surface area contributed by atoms with E-state index in [-0.39, 0.29) is 46.0 Å². The summed E-state index contributed by atoms with van der Waals surface area (Å²) >= 11 is 5.88. The second-order valence-corrected chi connectivity index (χ2v) is 10.3. The van der Waals surface area contributed by atoms with Gasteiger partial charge in [-0.25, -0.2) is 14.8 Å². The maximum Gasteiger partial charge on any atom is 0.326 e. The van der Waals surface area contributed by atoms with E-state index in [1.165, 1.54) is 4.57 Å². The molecule has 1 saturated heterocycles. The Hall–Kier alpha value is -4.39. The minimum absolute atomic E-state index is 0.00883. The summed E-state index contributed by atoms with van der Waals surface area (Å²) in [5.74, 6) is -0.619. The van der Waals surface area contributed by atoms with E-state index in [2.05, 4.69) is 30.9 Å². The van der Waals surface area contributed by atoms with E-state index in [1.807, 2.05) is 19.9 Å². The SMILES string of the molecule is CC(C)NC(=O)n1ccc2c(C(=O)N3CCC4(CC3)CN=C(NC(=O)c3nc(Cl)c(N)nc3N)N4)cccc21. The van der Waals surface area contributed by atoms with Crippen LogP contribution in [0.3, 0.4) is 0 Å². The van der Waals surface area contributed by atoms with Crippen molar-refractivity contribution in [2.75, 3.05) is 31.1 Å². The molecule has 2 aliphatic heterocycles. The molecule has 13 nitrogen and oxygen atoms in total. The molecule has 0 unspecified atom stereocenters. The Bertz CT molecular complexity index is 1510. The van der Waals surface area contributed by atoms with Crippen LogP contribution in [-0.2, 0) is 0 Å². The van der Waals surface area contributed by atoms with Gasteiger partial charge in [-0.2, -0.15) is 0 Å². The van der Waals surface area contributed by atoms with Crippen LogP contribution in [-0.4, -0.2) is 74.5 Å². The Morgan fingerprint density at radius 3 is 2.56 bits per heavy atom. The highest BCUT2D eigenvalue weighted by Crippen LogP contribution is 2.28. The quantitative estimate of drug-likeness (QED) is 0.324. The number of hydrogen-bond donors (Lipinski definition) is 5. The van der Waals surface area contributed by atoms with Gasteiger partial charge in [0, 0.05) is 36.3 Å². The second kappa shape index (κ2) is 10.1. The Morgan fingerprint density at radius 1 is 1.10 bits per heavy atom. The molecule has 5 rings (SSSR count). The van der Waals surface area contributed by atoms with Gasteiger partial charge in [-0.15, -0.1) is 0 Å². The zero-order chi connectivity index (χ0) is 27.9. The predicted molar refractivity (Wildman–Crippen MR) is 148 cm³/mol. The van der Waals surface area contributed by atoms with E-state index in [0.29, 0.717) is 49.5 Å². The maximum atomic E-state index is 13.5. The molecule has 3 amide bonds. The summed E-state index contributed by atoms with van der Waals surface area (Å²) in [6.07, 6.45) is 2.94. The van der Waals surface area contributed by atoms with Crippen molar-refractivity contribution in [2.24, 2.45) is 4.99 Å². The highest BCUT2D eigenvalue weighted by Gasteiger charge is 2.40. The predicted octanol–water partition coefficient (Wildman–Crippen LogP) is 1.58. The largest absolute Gasteiger partial charge is 0.382 e. The number of anilines is 2. The highest BCUT2D eigenvalue weighted by molar-refractivity contribution is 6.31. The van der Waals surface area contributed by atoms with Crippen LogP contribution < -0.4 is 27.4 Å². The van der Waals surface area contributed by atoms with Crippen molar-refractivity contribution in [2.45, 2.75) is 38.3 Å². The van der Waals surface area contributed by atoms with Gasteiger partial charge in [0.1, 0.15) is 0 Å². The minimum Gasteiger partial charge on any atom is -0.382 e. The van der Waals surface area contributed by atoms with Gasteiger partial charge in [-0.05, 0) is 44.9 Å². The molecular weight excluding hydrogens is 524 g/mol. The van der Waals surface area contributed by atoms with Gasteiger partial charge in [-0.3, -0.25) is 24.5 Å². The zero-order valence-corrected chi connectivity index (χ0v) is 22.2. The number of fused-ring (bicyclic) bond motifs is 1. The molecule has 1 aromatic carbocycles. The van der Waals surface area contributed by atoms with E-state index in [1.54, 1.807) is 29.3 Å². The van der Waals surface area contributed by atoms with Crippen LogP contribution in [0.5, 0.6) is 0 Å². The number of likely N-dealkylation sites (tertiary alicyclic amines) is 1. The lowest BCUT2D eigenvalue weighted by Gasteiger charge is -2.39. The third kappa shape index (κ3) is 5.04. The number of guanidine groups is 1. The third-order valence-corrected chi connectivity index (χ3v) is 7.16. The summed E-state index contributed by atoms with van der Waals surface area (Å²) in [6.45, 7) is 5.23. The number of carbonyl (C=O) groups excluding carboxylic acids is 3. The van der Waals surface area contributed by atoms with Crippen LogP contribution in [0, 0.1) is 0 Å². The molecule has 0 radical (unpaired) electrons. The number of halogens is 1. The number of rotatable bonds is 3. The molecule has 0 aliphatic carbocycles. The first-order valence-corrected chi connectivity index (χ1v) is 12.9. The smallest absolute Gasteiger partial charge is 0.326 e. The molecule has 1 fully saturated rings. The van der Waals surface area contributed by atoms with Crippen LogP contribution in [0.4, 0.5) is 16.4 Å². The Balaban J connectivity index is 1.22. The average Bonchev–Trinajstić information content (AvgIpc) is 3.50. The molecule has 204 valence electrons. The van der Waals surface area contributed by atoms with E-state index in [4.69, 9.17) is 23.1 Å². The first kappa shape index (κ1) is 26.2. The zero-order valence-electron chi connectivity index (χ0n) is 21.5. The standard InChI is InChI=1S/C25H29ClN10O3/c1-13(2)30-24(39)36-9-6-14-15(4-3-5-16(14)36)22(38)35-10-7-25(8-11-35)12-29-23(34-25)33-21(37)17-19(27)32-20(28)18(26)31-17/h3-6,9,13H,7-8,10-12H2,1-2H3,(H,30,39)(H4,27,28,32)(H2,29,33,34,37). The van der Waals surface area contributed by atoms with E-state index in [0.717, 1.165) is 5.39 Å². The van der Waals surface area contributed by atoms with Crippen molar-refractivity contribution in [3.63, 3.8) is 0 Å². The van der Waals surface area contributed by atoms with Crippen molar-refractivity contribution in [1.82, 2.24) is 35.4 Å². The summed E-state index contributed by atoms with van der Waals surface area (Å²) in [5.41, 5.74) is 12.0. The molecule has 4 heterocycles. The van der Waals surface area contributed by atoms with E-state index in [9.17, 15) is 14.4 Å². The van der Waals surface area contributed by atoms with Gasteiger partial charge in [0.05, 0.1) is 17.6 Å². The van der Waals surface area contributed by atoms with Gasteiger partial charge in [0.2, 0.25) is 0 Å². The summed E-state index contributed by atoms with van der Waals surface area (Å²) in [7, 11) is 0. The molecule has 3 aromatic rings. The monoisotopic (exact) mass is 552 g/mol. The number of aliphatic imine (C=N–C) groups is 1. The molecule has 0 atom stereocenters. The number of carbonyl (C=O) groups is 3. The van der Waals surface area contributed by atoms with Gasteiger partial charge >= 0.3 is 6.03 Å². The lowest BCUT2D eigenvalue weighted by Crippen LogP contribution is -2.57. The molecule has 2 aliphatic rings. The maximum absolute atomic E-state index is 13.5. The molecule has 1 spiro atoms. The fourth-order valence-corrected chi connectivity index (χ4v) is 4.97. The number of nitrogens with zero attached hydrogens (tertiary/aromatic N) is 5. The number of nitrogen functional groups attached to an aromatic ring is 2. The van der Waals surface area contributed by atoms with Crippen LogP contribution in [0.2, 0.25) is 5.15 Å². The van der Waals surface area contributed by atoms with Gasteiger partial charge in [0.25, 0.3) is 11.8 Å². The minimum atomic E-state index is -0.611. The number of amides is 3. The van der Waals surface area contributed by atoms with Crippen molar-refractivity contribution < 1.29 is 14.4 Å². The fraction of sp³-hybridized carbons (Fsp3) is 0.360. The average molecular weight is 553 g/mol. The normalized spacial score (nSPS) is 16.3. The van der Waals surface area contributed by atoms with Crippen LogP contribution in [0.25, 0.3) is 10.9 Å². The number of benzene rings is 1. The second-order valence-electron chi connectivity index (χ2n) is 9.98. The van der Waals surface area contributed by atoms with Crippen molar-refractivity contribution >= 4 is 57.9 Å². The van der Waals surface area contributed by atoms with Gasteiger partial charge in [-0.1, -0.05) is 17.7 Å². The molecular formula is C25H29ClN10O3. The van der Waals surface area contributed by atoms with Crippen LogP contribution in [0.15, 0.2) is 35.5 Å². The van der Waals surface area contributed by atoms with Crippen molar-refractivity contribution in [3.05, 3.63) is 46.9 Å². The highest BCUT2D eigenvalue weighted by atomic mass is 35.5. The van der Waals surface area contributed by atoms with Crippen LogP contribution in [0.1, 0.15) is 47.5 Å². The summed E-state index contributed by atoms with van der Waals surface area (Å²) in [4.78, 5) is 52.7. The number of aromatic nitrogens is 3. The molecule has 0 bridgehead atoms. The molecule has 7 N–H and O–H groups in total. The Morgan fingerprint density at radius 2 is 1.85 bits per heavy atom. The fourth-order valence-electron chi connectivity index (χ4n) is 4.85. The Kier molecular flexibility index (Phi) is 6.76. The third-order valence-electron chi connectivity index (χ3n) is 6.88. The van der Waals surface area contributed by atoms with E-state index < -0.39 is 5.91 Å². The summed E-state index contributed by atoms with van der Waals surface area (Å²) < 4.78 is 1.52. The number of hydrogen-bond acceptors (Lipinski definition) is 9. The molecule has 14 heteroatoms. The lowest BCUT2D eigenvalue weighted by atomic mass is 9.88. The molecule has 2 aromatic heterocycles. The topological polar surface area (TPSA) is 186 Å². The number of piperidine rings is 1.